The summed E-state index contributed by atoms with van der Waals surface area (Å²) in [6.45, 7) is 0. The third-order valence-corrected chi connectivity index (χ3v) is 2.01. The van der Waals surface area contributed by atoms with Crippen LogP contribution < -0.4 is 29.6 Å². The van der Waals surface area contributed by atoms with Crippen LogP contribution in [0.15, 0.2) is 29.2 Å². The molecule has 6 heteroatoms. The summed E-state index contributed by atoms with van der Waals surface area (Å²) in [7, 11) is -2.49. The van der Waals surface area contributed by atoms with E-state index in [0.717, 1.165) is 0 Å². The number of benzene rings is 1. The van der Waals surface area contributed by atoms with Crippen molar-refractivity contribution in [3.63, 3.8) is 0 Å². The fourth-order valence-electron chi connectivity index (χ4n) is 0.789. The molecule has 1 aromatic rings. The number of carboxylic acids is 1. The second-order valence-corrected chi connectivity index (χ2v) is 2.95. The molecule has 0 bridgehead atoms. The Balaban J connectivity index is 0.00000144. The molecule has 0 spiro atoms. The van der Waals surface area contributed by atoms with Crippen LogP contribution in [0.2, 0.25) is 0 Å². The van der Waals surface area contributed by atoms with E-state index in [1.54, 1.807) is 0 Å². The molecule has 1 aromatic carbocycles. The summed E-state index contributed by atoms with van der Waals surface area (Å²) in [6.07, 6.45) is 0. The van der Waals surface area contributed by atoms with Gasteiger partial charge in [-0.2, -0.15) is 0 Å². The average molecular weight is 208 g/mol. The summed E-state index contributed by atoms with van der Waals surface area (Å²) >= 11 is 0. The van der Waals surface area contributed by atoms with Crippen LogP contribution in [0.1, 0.15) is 10.4 Å². The maximum absolute atomic E-state index is 10.5. The van der Waals surface area contributed by atoms with E-state index in [1.807, 2.05) is 0 Å². The van der Waals surface area contributed by atoms with Gasteiger partial charge in [0.05, 0.1) is 0 Å². The molecule has 4 nitrogen and oxygen atoms in total. The van der Waals surface area contributed by atoms with Crippen LogP contribution in [0.5, 0.6) is 0 Å². The van der Waals surface area contributed by atoms with Gasteiger partial charge in [0.1, 0.15) is 0 Å². The number of aromatic carboxylic acids is 1. The van der Waals surface area contributed by atoms with Gasteiger partial charge in [0.2, 0.25) is 0 Å². The molecule has 1 rings (SSSR count). The molecule has 0 aromatic heterocycles. The monoisotopic (exact) mass is 208 g/mol. The fourth-order valence-corrected chi connectivity index (χ4v) is 1.31. The molecule has 0 saturated heterocycles. The van der Waals surface area contributed by atoms with E-state index in [4.69, 9.17) is 5.11 Å². The molecule has 0 saturated carbocycles. The third-order valence-electron chi connectivity index (χ3n) is 1.30. The van der Waals surface area contributed by atoms with E-state index in [2.05, 4.69) is 0 Å². The summed E-state index contributed by atoms with van der Waals surface area (Å²) < 4.78 is 20.9. The summed E-state index contributed by atoms with van der Waals surface area (Å²) in [6, 6.07) is 5.43. The van der Waals surface area contributed by atoms with Crippen LogP contribution in [0.25, 0.3) is 0 Å². The zero-order valence-corrected chi connectivity index (χ0v) is 9.71. The first-order chi connectivity index (χ1) is 5.63. The molecular weight excluding hydrogens is 203 g/mol. The van der Waals surface area contributed by atoms with E-state index in [9.17, 15) is 13.2 Å². The van der Waals surface area contributed by atoms with Gasteiger partial charge in [-0.15, -0.1) is 0 Å². The van der Waals surface area contributed by atoms with Gasteiger partial charge < -0.3 is 13.5 Å². The van der Waals surface area contributed by atoms with E-state index in [-0.39, 0.29) is 40.0 Å². The van der Waals surface area contributed by atoms with Crippen LogP contribution in [-0.2, 0) is 19.1 Å². The first-order valence-corrected chi connectivity index (χ1v) is 4.12. The van der Waals surface area contributed by atoms with Gasteiger partial charge in [-0.05, 0) is 16.8 Å². The number of hydrogen-bond donors (Lipinski definition) is 1. The Hall–Kier alpha value is -0.360. The maximum atomic E-state index is 10.5. The first kappa shape index (κ1) is 12.6. The Morgan fingerprint density at radius 1 is 1.23 bits per heavy atom. The van der Waals surface area contributed by atoms with E-state index in [0.29, 0.717) is 0 Å². The van der Waals surface area contributed by atoms with Crippen LogP contribution in [-0.4, -0.2) is 11.1 Å². The number of hydrogen-bond acceptors (Lipinski definition) is 4. The first-order valence-electron chi connectivity index (χ1n) is 3.04. The minimum Gasteiger partial charge on any atom is -0.478 e. The number of carbonyl (C=O) groups is 1. The Kier molecular flexibility index (Phi) is 5.24. The molecule has 0 unspecified atom stereocenters. The fraction of sp³-hybridized carbons (Fsp3) is 0. The zero-order chi connectivity index (χ0) is 9.14. The van der Waals surface area contributed by atoms with Gasteiger partial charge in [0, 0.05) is 5.56 Å². The Labute approximate surface area is 98.8 Å². The normalized spacial score (nSPS) is 9.31. The van der Waals surface area contributed by atoms with Gasteiger partial charge >= 0.3 is 35.5 Å². The molecular formula is C7H5NaO4S. The molecule has 0 aliphatic rings. The third kappa shape index (κ3) is 3.11. The van der Waals surface area contributed by atoms with Crippen molar-refractivity contribution < 1.29 is 47.9 Å². The SMILES string of the molecule is O=C(O)c1ccccc1[S-](=O)=O.[Na+]. The summed E-state index contributed by atoms with van der Waals surface area (Å²) in [4.78, 5) is 10.3. The van der Waals surface area contributed by atoms with E-state index >= 15 is 0 Å². The van der Waals surface area contributed by atoms with Crippen molar-refractivity contribution in [1.82, 2.24) is 0 Å². The second kappa shape index (κ2) is 5.39. The van der Waals surface area contributed by atoms with E-state index < -0.39 is 16.7 Å². The van der Waals surface area contributed by atoms with Crippen LogP contribution in [0, 0.1) is 0 Å². The molecule has 0 atom stereocenters. The van der Waals surface area contributed by atoms with Crippen molar-refractivity contribution in [3.8, 4) is 0 Å². The minimum absolute atomic E-state index is 0. The molecule has 0 fully saturated rings. The van der Waals surface area contributed by atoms with Crippen molar-refractivity contribution in [2.24, 2.45) is 0 Å². The van der Waals surface area contributed by atoms with Gasteiger partial charge in [-0.1, -0.05) is 23.1 Å². The number of carboxylic acid groups (broad SMARTS) is 1. The standard InChI is InChI=1S/C7H5O4S.Na/c8-7(9)5-3-1-2-4-6(5)12(10)11;/h1-4H,(H,8,9);/q-1;+1. The molecule has 0 heterocycles. The summed E-state index contributed by atoms with van der Waals surface area (Å²) in [5.41, 5.74) is -0.203. The van der Waals surface area contributed by atoms with Gasteiger partial charge in [-0.3, -0.25) is 0 Å². The van der Waals surface area contributed by atoms with Crippen LogP contribution in [0.4, 0.5) is 0 Å². The van der Waals surface area contributed by atoms with Crippen LogP contribution >= 0.6 is 0 Å². The maximum Gasteiger partial charge on any atom is 1.00 e. The smallest absolute Gasteiger partial charge is 0.478 e. The molecule has 0 aliphatic heterocycles. The van der Waals surface area contributed by atoms with Crippen molar-refractivity contribution in [2.45, 2.75) is 4.90 Å². The molecule has 0 radical (unpaired) electrons. The molecule has 13 heavy (non-hydrogen) atoms. The average Bonchev–Trinajstić information content (AvgIpc) is 2.04. The van der Waals surface area contributed by atoms with Gasteiger partial charge in [0.15, 0.2) is 0 Å². The Morgan fingerprint density at radius 2 is 1.77 bits per heavy atom. The van der Waals surface area contributed by atoms with Crippen molar-refractivity contribution >= 4 is 16.7 Å². The predicted octanol–water partition coefficient (Wildman–Crippen LogP) is -1.94. The van der Waals surface area contributed by atoms with Crippen LogP contribution in [0.3, 0.4) is 0 Å². The van der Waals surface area contributed by atoms with Crippen molar-refractivity contribution in [3.05, 3.63) is 29.8 Å². The molecule has 0 amide bonds. The second-order valence-electron chi connectivity index (χ2n) is 2.04. The predicted molar refractivity (Wildman–Crippen MR) is 40.4 cm³/mol. The summed E-state index contributed by atoms with van der Waals surface area (Å²) in [5, 5.41) is 8.54. The topological polar surface area (TPSA) is 71.4 Å². The quantitative estimate of drug-likeness (QED) is 0.453. The molecule has 0 aliphatic carbocycles. The molecule has 1 N–H and O–H groups in total. The molecule has 64 valence electrons. The van der Waals surface area contributed by atoms with Gasteiger partial charge in [0.25, 0.3) is 0 Å². The minimum atomic E-state index is -2.49. The Bertz CT molecular complexity index is 378. The van der Waals surface area contributed by atoms with E-state index in [1.165, 1.54) is 24.3 Å². The zero-order valence-electron chi connectivity index (χ0n) is 6.89. The summed E-state index contributed by atoms with van der Waals surface area (Å²) in [5.74, 6) is -1.24. The Morgan fingerprint density at radius 3 is 2.15 bits per heavy atom. The largest absolute Gasteiger partial charge is 1.00 e. The van der Waals surface area contributed by atoms with Gasteiger partial charge in [-0.25, -0.2) is 4.79 Å². The van der Waals surface area contributed by atoms with Crippen molar-refractivity contribution in [2.75, 3.05) is 0 Å². The number of rotatable bonds is 2. The van der Waals surface area contributed by atoms with Crippen molar-refractivity contribution in [1.29, 1.82) is 0 Å².